The van der Waals surface area contributed by atoms with Gasteiger partial charge < -0.3 is 14.7 Å². The third-order valence-electron chi connectivity index (χ3n) is 5.49. The Morgan fingerprint density at radius 2 is 1.89 bits per heavy atom. The molecule has 6 heteroatoms. The number of ether oxygens (including phenoxy) is 1. The van der Waals surface area contributed by atoms with Crippen LogP contribution >= 0.6 is 11.3 Å². The van der Waals surface area contributed by atoms with Gasteiger partial charge in [-0.3, -0.25) is 9.59 Å². The van der Waals surface area contributed by atoms with Crippen molar-refractivity contribution in [3.63, 3.8) is 0 Å². The number of hydrogen-bond acceptors (Lipinski definition) is 4. The Kier molecular flexibility index (Phi) is 4.81. The van der Waals surface area contributed by atoms with E-state index in [-0.39, 0.29) is 18.4 Å². The number of thiophene rings is 1. The second-order valence-electron chi connectivity index (χ2n) is 7.09. The Morgan fingerprint density at radius 3 is 2.57 bits per heavy atom. The Labute approximate surface area is 167 Å². The molecule has 1 aromatic heterocycles. The summed E-state index contributed by atoms with van der Waals surface area (Å²) >= 11 is 1.45. The number of fused-ring (bicyclic) bond motifs is 1. The van der Waals surface area contributed by atoms with Crippen LogP contribution in [0.2, 0.25) is 0 Å². The van der Waals surface area contributed by atoms with Crippen molar-refractivity contribution >= 4 is 33.3 Å². The molecule has 0 radical (unpaired) electrons. The van der Waals surface area contributed by atoms with E-state index in [0.717, 1.165) is 27.0 Å². The topological polar surface area (TPSA) is 66.8 Å². The summed E-state index contributed by atoms with van der Waals surface area (Å²) in [5.74, 6) is -0.994. The summed E-state index contributed by atoms with van der Waals surface area (Å²) in [6.07, 6.45) is 0. The van der Waals surface area contributed by atoms with Crippen molar-refractivity contribution in [1.29, 1.82) is 0 Å². The van der Waals surface area contributed by atoms with E-state index in [1.54, 1.807) is 12.0 Å². The number of likely N-dealkylation sites (tertiary alicyclic amines) is 1. The van der Waals surface area contributed by atoms with Crippen LogP contribution in [-0.2, 0) is 4.79 Å². The molecule has 1 amide bonds. The highest BCUT2D eigenvalue weighted by atomic mass is 32.1. The van der Waals surface area contributed by atoms with Gasteiger partial charge in [-0.1, -0.05) is 30.3 Å². The minimum Gasteiger partial charge on any atom is -0.497 e. The van der Waals surface area contributed by atoms with Crippen molar-refractivity contribution in [1.82, 2.24) is 4.90 Å². The normalized spacial score (nSPS) is 19.1. The molecule has 0 saturated carbocycles. The van der Waals surface area contributed by atoms with Gasteiger partial charge in [0.05, 0.1) is 17.9 Å². The van der Waals surface area contributed by atoms with E-state index in [2.05, 4.69) is 0 Å². The molecule has 0 bridgehead atoms. The molecule has 28 heavy (non-hydrogen) atoms. The van der Waals surface area contributed by atoms with Gasteiger partial charge in [0.1, 0.15) is 5.75 Å². The number of carboxylic acid groups (broad SMARTS) is 1. The molecule has 0 unspecified atom stereocenters. The third-order valence-corrected chi connectivity index (χ3v) is 6.75. The minimum absolute atomic E-state index is 0.0950. The predicted octanol–water partition coefficient (Wildman–Crippen LogP) is 4.16. The van der Waals surface area contributed by atoms with Crippen LogP contribution in [0.25, 0.3) is 10.1 Å². The molecule has 1 aliphatic heterocycles. The summed E-state index contributed by atoms with van der Waals surface area (Å²) in [5, 5.41) is 10.7. The number of aryl methyl sites for hydroxylation is 1. The molecule has 1 N–H and O–H groups in total. The van der Waals surface area contributed by atoms with Crippen LogP contribution in [0.1, 0.15) is 26.7 Å². The first kappa shape index (κ1) is 18.5. The number of rotatable bonds is 4. The first-order valence-corrected chi connectivity index (χ1v) is 9.95. The molecule has 2 atom stereocenters. The summed E-state index contributed by atoms with van der Waals surface area (Å²) in [7, 11) is 1.62. The number of methoxy groups -OCH3 is 1. The van der Waals surface area contributed by atoms with Gasteiger partial charge in [-0.2, -0.15) is 0 Å². The zero-order valence-electron chi connectivity index (χ0n) is 15.7. The van der Waals surface area contributed by atoms with Gasteiger partial charge in [-0.05, 0) is 41.6 Å². The fraction of sp³-hybridized carbons (Fsp3) is 0.273. The first-order valence-electron chi connectivity index (χ1n) is 9.13. The SMILES string of the molecule is COc1ccc2sc(C(=O)N3C[C@H](C(=O)O)[C@H](c4ccccc4)C3)c(C)c2c1. The maximum absolute atomic E-state index is 13.2. The molecule has 0 spiro atoms. The van der Waals surface area contributed by atoms with Crippen LogP contribution in [0.5, 0.6) is 5.75 Å². The van der Waals surface area contributed by atoms with E-state index in [1.165, 1.54) is 11.3 Å². The van der Waals surface area contributed by atoms with Crippen LogP contribution in [0.3, 0.4) is 0 Å². The van der Waals surface area contributed by atoms with E-state index in [1.807, 2.05) is 55.5 Å². The zero-order chi connectivity index (χ0) is 19.8. The van der Waals surface area contributed by atoms with Crippen molar-refractivity contribution in [3.05, 3.63) is 64.5 Å². The number of aliphatic carboxylic acids is 1. The van der Waals surface area contributed by atoms with Gasteiger partial charge in [-0.25, -0.2) is 0 Å². The lowest BCUT2D eigenvalue weighted by Crippen LogP contribution is -2.29. The number of carboxylic acids is 1. The number of nitrogens with zero attached hydrogens (tertiary/aromatic N) is 1. The van der Waals surface area contributed by atoms with Gasteiger partial charge in [0.2, 0.25) is 0 Å². The van der Waals surface area contributed by atoms with Crippen LogP contribution in [0.4, 0.5) is 0 Å². The predicted molar refractivity (Wildman–Crippen MR) is 109 cm³/mol. The summed E-state index contributed by atoms with van der Waals surface area (Å²) < 4.78 is 6.32. The highest BCUT2D eigenvalue weighted by Gasteiger charge is 2.41. The molecule has 4 rings (SSSR count). The van der Waals surface area contributed by atoms with E-state index < -0.39 is 11.9 Å². The van der Waals surface area contributed by atoms with Crippen LogP contribution in [0, 0.1) is 12.8 Å². The quantitative estimate of drug-likeness (QED) is 0.720. The lowest BCUT2D eigenvalue weighted by molar-refractivity contribution is -0.141. The highest BCUT2D eigenvalue weighted by molar-refractivity contribution is 7.21. The van der Waals surface area contributed by atoms with E-state index in [0.29, 0.717) is 11.4 Å². The number of carbonyl (C=O) groups is 2. The van der Waals surface area contributed by atoms with Crippen LogP contribution < -0.4 is 4.74 Å². The molecule has 0 aliphatic carbocycles. The van der Waals surface area contributed by atoms with E-state index in [9.17, 15) is 14.7 Å². The number of benzene rings is 2. The summed E-state index contributed by atoms with van der Waals surface area (Å²) in [4.78, 5) is 27.4. The largest absolute Gasteiger partial charge is 0.497 e. The van der Waals surface area contributed by atoms with Gasteiger partial charge in [0.15, 0.2) is 0 Å². The van der Waals surface area contributed by atoms with Crippen molar-refractivity contribution in [2.75, 3.05) is 20.2 Å². The number of amides is 1. The van der Waals surface area contributed by atoms with Gasteiger partial charge in [-0.15, -0.1) is 11.3 Å². The smallest absolute Gasteiger partial charge is 0.308 e. The van der Waals surface area contributed by atoms with Crippen molar-refractivity contribution in [2.24, 2.45) is 5.92 Å². The summed E-state index contributed by atoms with van der Waals surface area (Å²) in [6.45, 7) is 2.58. The van der Waals surface area contributed by atoms with Gasteiger partial charge in [0, 0.05) is 23.7 Å². The molecule has 1 aliphatic rings. The maximum Gasteiger partial charge on any atom is 0.308 e. The molecule has 2 aromatic carbocycles. The fourth-order valence-corrected chi connectivity index (χ4v) is 5.09. The highest BCUT2D eigenvalue weighted by Crippen LogP contribution is 2.37. The molecule has 3 aromatic rings. The molecule has 1 saturated heterocycles. The minimum atomic E-state index is -0.859. The molecule has 5 nitrogen and oxygen atoms in total. The van der Waals surface area contributed by atoms with Crippen LogP contribution in [-0.4, -0.2) is 42.1 Å². The van der Waals surface area contributed by atoms with Crippen LogP contribution in [0.15, 0.2) is 48.5 Å². The Bertz CT molecular complexity index is 1040. The second kappa shape index (κ2) is 7.28. The monoisotopic (exact) mass is 395 g/mol. The average molecular weight is 395 g/mol. The second-order valence-corrected chi connectivity index (χ2v) is 8.14. The summed E-state index contributed by atoms with van der Waals surface area (Å²) in [6, 6.07) is 15.4. The maximum atomic E-state index is 13.2. The lowest BCUT2D eigenvalue weighted by atomic mass is 9.89. The Morgan fingerprint density at radius 1 is 1.14 bits per heavy atom. The first-order chi connectivity index (χ1) is 13.5. The fourth-order valence-electron chi connectivity index (χ4n) is 3.93. The van der Waals surface area contributed by atoms with E-state index in [4.69, 9.17) is 4.74 Å². The van der Waals surface area contributed by atoms with Gasteiger partial charge >= 0.3 is 5.97 Å². The zero-order valence-corrected chi connectivity index (χ0v) is 16.5. The summed E-state index contributed by atoms with van der Waals surface area (Å²) in [5.41, 5.74) is 1.88. The third kappa shape index (κ3) is 3.14. The van der Waals surface area contributed by atoms with E-state index >= 15 is 0 Å². The lowest BCUT2D eigenvalue weighted by Gasteiger charge is -2.16. The molecular weight excluding hydrogens is 374 g/mol. The molecule has 1 fully saturated rings. The van der Waals surface area contributed by atoms with Crippen molar-refractivity contribution in [3.8, 4) is 5.75 Å². The molecule has 2 heterocycles. The Balaban J connectivity index is 1.66. The molecular formula is C22H21NO4S. The Hall–Kier alpha value is -2.86. The average Bonchev–Trinajstić information content (AvgIpc) is 3.30. The van der Waals surface area contributed by atoms with Crippen molar-refractivity contribution in [2.45, 2.75) is 12.8 Å². The molecule has 144 valence electrons. The van der Waals surface area contributed by atoms with Crippen molar-refractivity contribution < 1.29 is 19.4 Å². The standard InChI is InChI=1S/C22H21NO4S/c1-13-16-10-15(27-2)8-9-19(16)28-20(13)21(24)23-11-17(18(12-23)22(25)26)14-6-4-3-5-7-14/h3-10,17-18H,11-12H2,1-2H3,(H,25,26)/t17-,18-/m0/s1. The van der Waals surface area contributed by atoms with Gasteiger partial charge in [0.25, 0.3) is 5.91 Å². The number of hydrogen-bond donors (Lipinski definition) is 1. The number of carbonyl (C=O) groups excluding carboxylic acids is 1.